The molecule has 0 spiro atoms. The molecule has 0 bridgehead atoms. The van der Waals surface area contributed by atoms with Crippen molar-refractivity contribution in [3.63, 3.8) is 0 Å². The summed E-state index contributed by atoms with van der Waals surface area (Å²) in [6.07, 6.45) is 6.16. The van der Waals surface area contributed by atoms with E-state index in [2.05, 4.69) is 29.3 Å². The third-order valence-corrected chi connectivity index (χ3v) is 3.86. The molecule has 0 aliphatic carbocycles. The Balaban J connectivity index is 1.76. The second-order valence-electron chi connectivity index (χ2n) is 5.51. The highest BCUT2D eigenvalue weighted by molar-refractivity contribution is 7.78. The van der Waals surface area contributed by atoms with Crippen LogP contribution in [0.25, 0.3) is 0 Å². The quantitative estimate of drug-likeness (QED) is 0.401. The molecule has 21 heavy (non-hydrogen) atoms. The minimum atomic E-state index is -0.248. The first-order chi connectivity index (χ1) is 10.3. The minimum absolute atomic E-state index is 0.248. The Hall–Kier alpha value is -1.06. The van der Waals surface area contributed by atoms with Crippen LogP contribution in [0, 0.1) is 5.92 Å². The molecule has 0 radical (unpaired) electrons. The van der Waals surface area contributed by atoms with Gasteiger partial charge >= 0.3 is 0 Å². The molecule has 0 saturated carbocycles. The molecule has 114 valence electrons. The summed E-state index contributed by atoms with van der Waals surface area (Å²) in [5, 5.41) is 2.36. The Morgan fingerprint density at radius 2 is 1.86 bits per heavy atom. The van der Waals surface area contributed by atoms with Gasteiger partial charge in [-0.1, -0.05) is 44.7 Å². The highest BCUT2D eigenvalue weighted by Gasteiger charge is 2.23. The van der Waals surface area contributed by atoms with Crippen molar-refractivity contribution in [3.05, 3.63) is 29.8 Å². The predicted octanol–water partition coefficient (Wildman–Crippen LogP) is 5.05. The van der Waals surface area contributed by atoms with Gasteiger partial charge in [0.2, 0.25) is 0 Å². The number of hydrogen-bond donors (Lipinski definition) is 0. The molecule has 3 nitrogen and oxygen atoms in total. The molecule has 4 heteroatoms. The number of aliphatic imine (C=N–C) groups is 1. The topological polar surface area (TPSA) is 30.8 Å². The van der Waals surface area contributed by atoms with Gasteiger partial charge in [-0.3, -0.25) is 0 Å². The number of ether oxygens (including phenoxy) is 2. The van der Waals surface area contributed by atoms with Gasteiger partial charge in [-0.2, -0.15) is 4.99 Å². The summed E-state index contributed by atoms with van der Waals surface area (Å²) in [7, 11) is 0. The number of unbranched alkanes of at least 4 members (excludes halogenated alkanes) is 3. The van der Waals surface area contributed by atoms with E-state index in [9.17, 15) is 0 Å². The maximum atomic E-state index is 5.84. The van der Waals surface area contributed by atoms with Gasteiger partial charge in [0.25, 0.3) is 0 Å². The van der Waals surface area contributed by atoms with Crippen LogP contribution in [0.5, 0.6) is 0 Å². The molecule has 0 amide bonds. The minimum Gasteiger partial charge on any atom is -0.348 e. The van der Waals surface area contributed by atoms with Crippen molar-refractivity contribution in [2.45, 2.75) is 45.3 Å². The van der Waals surface area contributed by atoms with Crippen LogP contribution in [0.2, 0.25) is 0 Å². The standard InChI is InChI=1S/C17H23NO2S/c1-2-3-4-5-6-14-11-19-17(20-12-14)15-7-9-16(10-8-15)18-13-21/h7-10,14,17H,2-6,11-12H2,1H3. The number of hydrogen-bond acceptors (Lipinski definition) is 4. The van der Waals surface area contributed by atoms with Crippen LogP contribution in [-0.4, -0.2) is 18.4 Å². The second kappa shape index (κ2) is 9.06. The predicted molar refractivity (Wildman–Crippen MR) is 88.0 cm³/mol. The van der Waals surface area contributed by atoms with E-state index in [4.69, 9.17) is 9.47 Å². The summed E-state index contributed by atoms with van der Waals surface area (Å²) in [6, 6.07) is 7.74. The van der Waals surface area contributed by atoms with Crippen LogP contribution in [0.15, 0.2) is 29.3 Å². The van der Waals surface area contributed by atoms with Gasteiger partial charge in [-0.15, -0.1) is 0 Å². The van der Waals surface area contributed by atoms with E-state index in [0.717, 1.165) is 24.5 Å². The zero-order valence-electron chi connectivity index (χ0n) is 12.6. The molecule has 0 unspecified atom stereocenters. The lowest BCUT2D eigenvalue weighted by molar-refractivity contribution is -0.206. The lowest BCUT2D eigenvalue weighted by Crippen LogP contribution is -2.27. The van der Waals surface area contributed by atoms with Gasteiger partial charge in [0.1, 0.15) is 0 Å². The van der Waals surface area contributed by atoms with Gasteiger partial charge in [0.05, 0.1) is 24.1 Å². The summed E-state index contributed by atoms with van der Waals surface area (Å²) < 4.78 is 11.7. The molecule has 1 aliphatic rings. The van der Waals surface area contributed by atoms with E-state index in [1.165, 1.54) is 32.1 Å². The second-order valence-corrected chi connectivity index (χ2v) is 5.69. The van der Waals surface area contributed by atoms with Crippen molar-refractivity contribution in [3.8, 4) is 0 Å². The lowest BCUT2D eigenvalue weighted by Gasteiger charge is -2.29. The van der Waals surface area contributed by atoms with Crippen LogP contribution in [-0.2, 0) is 9.47 Å². The molecule has 0 aromatic heterocycles. The van der Waals surface area contributed by atoms with Crippen molar-refractivity contribution < 1.29 is 9.47 Å². The van der Waals surface area contributed by atoms with E-state index < -0.39 is 0 Å². The van der Waals surface area contributed by atoms with E-state index in [1.807, 2.05) is 24.3 Å². The normalized spacial score (nSPS) is 21.8. The lowest BCUT2D eigenvalue weighted by atomic mass is 10.0. The monoisotopic (exact) mass is 305 g/mol. The number of thiocarbonyl (C=S) groups is 1. The Morgan fingerprint density at radius 3 is 2.48 bits per heavy atom. The first kappa shape index (κ1) is 16.3. The van der Waals surface area contributed by atoms with E-state index in [-0.39, 0.29) is 6.29 Å². The Morgan fingerprint density at radius 1 is 1.14 bits per heavy atom. The Kier molecular flexibility index (Phi) is 7.04. The molecule has 1 heterocycles. The van der Waals surface area contributed by atoms with Crippen LogP contribution in [0.1, 0.15) is 50.9 Å². The molecule has 0 atom stereocenters. The largest absolute Gasteiger partial charge is 0.348 e. The third kappa shape index (κ3) is 5.33. The Labute approximate surface area is 132 Å². The fourth-order valence-corrected chi connectivity index (χ4v) is 2.63. The zero-order chi connectivity index (χ0) is 14.9. The molecule has 1 aromatic carbocycles. The smallest absolute Gasteiger partial charge is 0.183 e. The van der Waals surface area contributed by atoms with Crippen molar-refractivity contribution in [1.29, 1.82) is 0 Å². The third-order valence-electron chi connectivity index (χ3n) is 3.77. The van der Waals surface area contributed by atoms with Gasteiger partial charge < -0.3 is 9.47 Å². The van der Waals surface area contributed by atoms with Crippen LogP contribution >= 0.6 is 12.2 Å². The number of isothiocyanates is 1. The van der Waals surface area contributed by atoms with Crippen molar-refractivity contribution in [1.82, 2.24) is 0 Å². The molecule has 1 fully saturated rings. The van der Waals surface area contributed by atoms with Crippen LogP contribution < -0.4 is 0 Å². The molecule has 0 N–H and O–H groups in total. The highest BCUT2D eigenvalue weighted by atomic mass is 32.1. The van der Waals surface area contributed by atoms with E-state index >= 15 is 0 Å². The number of rotatable bonds is 7. The SMILES string of the molecule is CCCCCCC1COC(c2ccc(N=C=S)cc2)OC1. The molecule has 1 aromatic rings. The first-order valence-electron chi connectivity index (χ1n) is 7.74. The maximum Gasteiger partial charge on any atom is 0.183 e. The van der Waals surface area contributed by atoms with Gasteiger partial charge in [-0.25, -0.2) is 0 Å². The highest BCUT2D eigenvalue weighted by Crippen LogP contribution is 2.28. The van der Waals surface area contributed by atoms with Crippen molar-refractivity contribution >= 4 is 23.1 Å². The number of nitrogens with zero attached hydrogens (tertiary/aromatic N) is 1. The van der Waals surface area contributed by atoms with Crippen LogP contribution in [0.3, 0.4) is 0 Å². The average molecular weight is 305 g/mol. The maximum absolute atomic E-state index is 5.84. The fourth-order valence-electron chi connectivity index (χ4n) is 2.52. The van der Waals surface area contributed by atoms with E-state index in [1.54, 1.807) is 0 Å². The van der Waals surface area contributed by atoms with Crippen molar-refractivity contribution in [2.75, 3.05) is 13.2 Å². The summed E-state index contributed by atoms with van der Waals surface area (Å²) in [5.41, 5.74) is 1.83. The molecule has 1 saturated heterocycles. The van der Waals surface area contributed by atoms with Gasteiger partial charge in [0, 0.05) is 11.5 Å². The first-order valence-corrected chi connectivity index (χ1v) is 8.15. The summed E-state index contributed by atoms with van der Waals surface area (Å²) in [4.78, 5) is 3.94. The Bertz CT molecular complexity index is 460. The molecule has 2 rings (SSSR count). The van der Waals surface area contributed by atoms with E-state index in [0.29, 0.717) is 5.92 Å². The van der Waals surface area contributed by atoms with Crippen LogP contribution in [0.4, 0.5) is 5.69 Å². The zero-order valence-corrected chi connectivity index (χ0v) is 13.4. The average Bonchev–Trinajstić information content (AvgIpc) is 2.53. The summed E-state index contributed by atoms with van der Waals surface area (Å²) >= 11 is 4.59. The summed E-state index contributed by atoms with van der Waals surface area (Å²) in [5.74, 6) is 0.539. The van der Waals surface area contributed by atoms with Gasteiger partial charge in [0.15, 0.2) is 6.29 Å². The fraction of sp³-hybridized carbons (Fsp3) is 0.588. The molecular weight excluding hydrogens is 282 g/mol. The summed E-state index contributed by atoms with van der Waals surface area (Å²) in [6.45, 7) is 3.81. The number of benzene rings is 1. The molecular formula is C17H23NO2S. The van der Waals surface area contributed by atoms with Gasteiger partial charge in [-0.05, 0) is 30.8 Å². The molecule has 1 aliphatic heterocycles. The van der Waals surface area contributed by atoms with Crippen molar-refractivity contribution in [2.24, 2.45) is 10.9 Å².